The molecule has 0 N–H and O–H groups in total. The van der Waals surface area contributed by atoms with E-state index in [-0.39, 0.29) is 34.3 Å². The molecule has 158 valence electrons. The van der Waals surface area contributed by atoms with Gasteiger partial charge in [-0.15, -0.1) is 0 Å². The molecule has 0 unspecified atom stereocenters. The molecule has 7 nitrogen and oxygen atoms in total. The summed E-state index contributed by atoms with van der Waals surface area (Å²) in [5, 5.41) is 0.205. The van der Waals surface area contributed by atoms with Crippen LogP contribution in [0.3, 0.4) is 0 Å². The molecule has 2 atom stereocenters. The number of esters is 1. The number of ether oxygens (including phenoxy) is 1. The van der Waals surface area contributed by atoms with Crippen molar-refractivity contribution in [2.24, 2.45) is 11.8 Å². The lowest BCUT2D eigenvalue weighted by Gasteiger charge is -2.34. The monoisotopic (exact) mass is 420 g/mol. The standard InChI is InChI=1S/C21H28N2O5S/c1-5-22-13-18(21(25)28-6-2)20(24)17-10-16(7-8-19(17)22)29(26,27)23-11-14(3)9-15(4)12-23/h7-8,10,13-15H,5-6,9,11-12H2,1-4H3/t14-,15-/m1/s1. The minimum atomic E-state index is -3.73. The smallest absolute Gasteiger partial charge is 0.343 e. The van der Waals surface area contributed by atoms with Gasteiger partial charge in [0.05, 0.1) is 17.0 Å². The molecule has 8 heteroatoms. The molecule has 1 aromatic carbocycles. The highest BCUT2D eigenvalue weighted by Crippen LogP contribution is 2.28. The Morgan fingerprint density at radius 1 is 1.17 bits per heavy atom. The van der Waals surface area contributed by atoms with E-state index in [2.05, 4.69) is 0 Å². The van der Waals surface area contributed by atoms with Crippen molar-refractivity contribution < 1.29 is 17.9 Å². The van der Waals surface area contributed by atoms with Crippen LogP contribution in [-0.4, -0.2) is 43.0 Å². The van der Waals surface area contributed by atoms with Crippen LogP contribution < -0.4 is 5.43 Å². The van der Waals surface area contributed by atoms with E-state index in [9.17, 15) is 18.0 Å². The lowest BCUT2D eigenvalue weighted by Crippen LogP contribution is -2.42. The second-order valence-electron chi connectivity index (χ2n) is 7.83. The van der Waals surface area contributed by atoms with Gasteiger partial charge in [0.2, 0.25) is 15.5 Å². The molecule has 1 aliphatic rings. The molecule has 1 fully saturated rings. The molecular weight excluding hydrogens is 392 g/mol. The van der Waals surface area contributed by atoms with Crippen molar-refractivity contribution in [2.75, 3.05) is 19.7 Å². The van der Waals surface area contributed by atoms with Crippen LogP contribution in [0.1, 0.15) is 44.5 Å². The van der Waals surface area contributed by atoms with Gasteiger partial charge >= 0.3 is 5.97 Å². The summed E-state index contributed by atoms with van der Waals surface area (Å²) < 4.78 is 34.7. The fourth-order valence-corrected chi connectivity index (χ4v) is 5.81. The maximum Gasteiger partial charge on any atom is 0.343 e. The number of hydrogen-bond acceptors (Lipinski definition) is 5. The fraction of sp³-hybridized carbons (Fsp3) is 0.524. The molecule has 1 aromatic heterocycles. The van der Waals surface area contributed by atoms with E-state index in [1.807, 2.05) is 20.8 Å². The van der Waals surface area contributed by atoms with E-state index in [0.29, 0.717) is 25.2 Å². The second kappa shape index (κ2) is 8.28. The van der Waals surface area contributed by atoms with Gasteiger partial charge in [-0.3, -0.25) is 4.79 Å². The molecular formula is C21H28N2O5S. The molecule has 3 rings (SSSR count). The average Bonchev–Trinajstić information content (AvgIpc) is 2.67. The summed E-state index contributed by atoms with van der Waals surface area (Å²) in [5.41, 5.74) is -0.0126. The molecule has 1 saturated heterocycles. The lowest BCUT2D eigenvalue weighted by atomic mass is 9.94. The van der Waals surface area contributed by atoms with Gasteiger partial charge in [-0.1, -0.05) is 13.8 Å². The van der Waals surface area contributed by atoms with Crippen LogP contribution in [0.5, 0.6) is 0 Å². The zero-order valence-corrected chi connectivity index (χ0v) is 18.2. The summed E-state index contributed by atoms with van der Waals surface area (Å²) in [6.07, 6.45) is 2.47. The Bertz CT molecular complexity index is 1080. The van der Waals surface area contributed by atoms with Crippen molar-refractivity contribution in [2.45, 2.75) is 45.6 Å². The number of aromatic nitrogens is 1. The summed E-state index contributed by atoms with van der Waals surface area (Å²) in [4.78, 5) is 25.2. The number of aryl methyl sites for hydroxylation is 1. The highest BCUT2D eigenvalue weighted by atomic mass is 32.2. The number of fused-ring (bicyclic) bond motifs is 1. The summed E-state index contributed by atoms with van der Waals surface area (Å²) in [6, 6.07) is 4.57. The zero-order valence-electron chi connectivity index (χ0n) is 17.3. The maximum atomic E-state index is 13.2. The van der Waals surface area contributed by atoms with Gasteiger partial charge in [0.15, 0.2) is 0 Å². The van der Waals surface area contributed by atoms with Gasteiger partial charge in [-0.05, 0) is 50.3 Å². The highest BCUT2D eigenvalue weighted by molar-refractivity contribution is 7.89. The summed E-state index contributed by atoms with van der Waals surface area (Å²) in [5.74, 6) is -0.142. The van der Waals surface area contributed by atoms with E-state index in [1.165, 1.54) is 22.6 Å². The molecule has 29 heavy (non-hydrogen) atoms. The van der Waals surface area contributed by atoms with Crippen LogP contribution in [0.25, 0.3) is 10.9 Å². The van der Waals surface area contributed by atoms with E-state index < -0.39 is 21.4 Å². The Hall–Kier alpha value is -2.19. The van der Waals surface area contributed by atoms with Crippen LogP contribution in [0.2, 0.25) is 0 Å². The normalized spacial score (nSPS) is 20.7. The minimum absolute atomic E-state index is 0.0760. The summed E-state index contributed by atoms with van der Waals surface area (Å²) >= 11 is 0. The zero-order chi connectivity index (χ0) is 21.3. The molecule has 0 bridgehead atoms. The first-order valence-corrected chi connectivity index (χ1v) is 11.5. The SMILES string of the molecule is CCOC(=O)c1cn(CC)c2ccc(S(=O)(=O)N3C[C@H](C)C[C@@H](C)C3)cc2c1=O. The Balaban J connectivity index is 2.15. The Morgan fingerprint density at radius 3 is 2.41 bits per heavy atom. The Kier molecular flexibility index (Phi) is 6.14. The third-order valence-electron chi connectivity index (χ3n) is 5.36. The molecule has 0 amide bonds. The van der Waals surface area contributed by atoms with Crippen LogP contribution in [0, 0.1) is 11.8 Å². The topological polar surface area (TPSA) is 85.7 Å². The number of sulfonamides is 1. The van der Waals surface area contributed by atoms with Crippen molar-refractivity contribution in [3.63, 3.8) is 0 Å². The van der Waals surface area contributed by atoms with E-state index in [4.69, 9.17) is 4.74 Å². The maximum absolute atomic E-state index is 13.2. The second-order valence-corrected chi connectivity index (χ2v) is 9.76. The average molecular weight is 421 g/mol. The Labute approximate surface area is 171 Å². The van der Waals surface area contributed by atoms with Gasteiger partial charge < -0.3 is 9.30 Å². The molecule has 0 aliphatic carbocycles. The number of piperidine rings is 1. The number of hydrogen-bond donors (Lipinski definition) is 0. The van der Waals surface area contributed by atoms with Crippen molar-refractivity contribution in [1.82, 2.24) is 8.87 Å². The van der Waals surface area contributed by atoms with Gasteiger partial charge in [0.1, 0.15) is 5.56 Å². The number of nitrogens with zero attached hydrogens (tertiary/aromatic N) is 2. The van der Waals surface area contributed by atoms with Gasteiger partial charge in [-0.25, -0.2) is 13.2 Å². The van der Waals surface area contributed by atoms with Crippen molar-refractivity contribution in [3.05, 3.63) is 40.2 Å². The van der Waals surface area contributed by atoms with Crippen LogP contribution >= 0.6 is 0 Å². The summed E-state index contributed by atoms with van der Waals surface area (Å²) in [6.45, 7) is 9.26. The third kappa shape index (κ3) is 4.09. The van der Waals surface area contributed by atoms with Gasteiger partial charge in [-0.2, -0.15) is 4.31 Å². The molecule has 0 radical (unpaired) electrons. The molecule has 0 saturated carbocycles. The molecule has 0 spiro atoms. The quantitative estimate of drug-likeness (QED) is 0.695. The lowest BCUT2D eigenvalue weighted by molar-refractivity contribution is 0.0524. The number of rotatable bonds is 5. The number of pyridine rings is 1. The number of carbonyl (C=O) groups excluding carboxylic acids is 1. The molecule has 2 heterocycles. The third-order valence-corrected chi connectivity index (χ3v) is 7.19. The first kappa shape index (κ1) is 21.5. The first-order valence-electron chi connectivity index (χ1n) is 10.0. The largest absolute Gasteiger partial charge is 0.462 e. The van der Waals surface area contributed by atoms with Crippen LogP contribution in [0.15, 0.2) is 34.1 Å². The fourth-order valence-electron chi connectivity index (χ4n) is 4.10. The van der Waals surface area contributed by atoms with Crippen molar-refractivity contribution in [1.29, 1.82) is 0 Å². The van der Waals surface area contributed by atoms with Gasteiger partial charge in [0, 0.05) is 31.2 Å². The van der Waals surface area contributed by atoms with Crippen LogP contribution in [0.4, 0.5) is 0 Å². The van der Waals surface area contributed by atoms with E-state index in [1.54, 1.807) is 17.6 Å². The minimum Gasteiger partial charge on any atom is -0.462 e. The molecule has 1 aliphatic heterocycles. The Morgan fingerprint density at radius 2 is 1.83 bits per heavy atom. The van der Waals surface area contributed by atoms with E-state index in [0.717, 1.165) is 6.42 Å². The van der Waals surface area contributed by atoms with Crippen molar-refractivity contribution >= 4 is 26.9 Å². The predicted molar refractivity (Wildman–Crippen MR) is 112 cm³/mol. The predicted octanol–water partition coefficient (Wildman–Crippen LogP) is 2.86. The van der Waals surface area contributed by atoms with Crippen LogP contribution in [-0.2, 0) is 21.3 Å². The van der Waals surface area contributed by atoms with E-state index >= 15 is 0 Å². The molecule has 2 aromatic rings. The first-order chi connectivity index (χ1) is 13.7. The number of carbonyl (C=O) groups is 1. The number of benzene rings is 1. The van der Waals surface area contributed by atoms with Gasteiger partial charge in [0.25, 0.3) is 0 Å². The highest BCUT2D eigenvalue weighted by Gasteiger charge is 2.32. The summed E-state index contributed by atoms with van der Waals surface area (Å²) in [7, 11) is -3.73. The van der Waals surface area contributed by atoms with Crippen molar-refractivity contribution in [3.8, 4) is 0 Å².